The molecule has 6 nitrogen and oxygen atoms in total. The minimum absolute atomic E-state index is 0.00575. The maximum Gasteiger partial charge on any atom is 0.418 e. The molecule has 156 valence electrons. The lowest BCUT2D eigenvalue weighted by Crippen LogP contribution is -2.25. The molecule has 0 saturated heterocycles. The van der Waals surface area contributed by atoms with Gasteiger partial charge in [-0.05, 0) is 41.5 Å². The highest BCUT2D eigenvalue weighted by molar-refractivity contribution is 5.95. The smallest absolute Gasteiger partial charge is 0.379 e. The number of hydrogen-bond donors (Lipinski definition) is 3. The molecule has 0 bridgehead atoms. The van der Waals surface area contributed by atoms with E-state index in [2.05, 4.69) is 15.3 Å². The average molecular weight is 421 g/mol. The second kappa shape index (κ2) is 8.46. The number of alkyl halides is 3. The Morgan fingerprint density at radius 1 is 1.17 bits per heavy atom. The summed E-state index contributed by atoms with van der Waals surface area (Å²) in [4.78, 5) is 29.8. The molecule has 1 aromatic carbocycles. The zero-order chi connectivity index (χ0) is 21.9. The van der Waals surface area contributed by atoms with Gasteiger partial charge in [0.15, 0.2) is 6.10 Å². The first-order chi connectivity index (χ1) is 14.1. The van der Waals surface area contributed by atoms with Crippen LogP contribution in [0.25, 0.3) is 11.3 Å². The van der Waals surface area contributed by atoms with E-state index in [1.165, 1.54) is 30.5 Å². The van der Waals surface area contributed by atoms with E-state index in [1.807, 2.05) is 0 Å². The highest BCUT2D eigenvalue weighted by Gasteiger charge is 2.39. The Balaban J connectivity index is 1.94. The maximum absolute atomic E-state index is 13.1. The van der Waals surface area contributed by atoms with Crippen LogP contribution >= 0.6 is 0 Å². The molecule has 1 amide bonds. The Hall–Kier alpha value is -3.53. The van der Waals surface area contributed by atoms with Crippen molar-refractivity contribution < 1.29 is 27.5 Å². The second-order valence-corrected chi connectivity index (χ2v) is 6.39. The lowest BCUT2D eigenvalue weighted by Gasteiger charge is -2.17. The molecule has 2 heterocycles. The van der Waals surface area contributed by atoms with Gasteiger partial charge in [-0.3, -0.25) is 14.6 Å². The van der Waals surface area contributed by atoms with E-state index in [1.54, 1.807) is 0 Å². The number of rotatable bonds is 5. The standard InChI is InChI=1S/C20H15F4N3O3/c21-15-2-3-16(25-10-15)12-5-13(18(29)20(22,23)24)7-14(6-12)19(30)27-9-11-1-4-17(28)26-8-11/h1-8,10,18,29H,9H2,(H,26,28)(H,27,30). The number of H-pyrrole nitrogens is 1. The summed E-state index contributed by atoms with van der Waals surface area (Å²) >= 11 is 0. The number of nitrogens with zero attached hydrogens (tertiary/aromatic N) is 1. The first-order valence-corrected chi connectivity index (χ1v) is 8.61. The third-order valence-electron chi connectivity index (χ3n) is 4.17. The number of amides is 1. The van der Waals surface area contributed by atoms with E-state index in [0.717, 1.165) is 24.4 Å². The van der Waals surface area contributed by atoms with E-state index in [9.17, 15) is 32.3 Å². The minimum atomic E-state index is -4.95. The summed E-state index contributed by atoms with van der Waals surface area (Å²) in [5, 5.41) is 12.2. The van der Waals surface area contributed by atoms with Crippen LogP contribution in [0.1, 0.15) is 27.6 Å². The third-order valence-corrected chi connectivity index (χ3v) is 4.17. The summed E-state index contributed by atoms with van der Waals surface area (Å²) < 4.78 is 52.2. The van der Waals surface area contributed by atoms with Gasteiger partial charge in [0.2, 0.25) is 5.56 Å². The van der Waals surface area contributed by atoms with Gasteiger partial charge in [-0.25, -0.2) is 4.39 Å². The molecule has 3 rings (SSSR count). The molecular weight excluding hydrogens is 406 g/mol. The molecule has 3 N–H and O–H groups in total. The maximum atomic E-state index is 13.1. The molecule has 0 aliphatic carbocycles. The van der Waals surface area contributed by atoms with Crippen LogP contribution in [0.5, 0.6) is 0 Å². The number of carbonyl (C=O) groups excluding carboxylic acids is 1. The van der Waals surface area contributed by atoms with Crippen LogP contribution in [0, 0.1) is 5.82 Å². The van der Waals surface area contributed by atoms with Gasteiger partial charge in [0.1, 0.15) is 5.82 Å². The predicted octanol–water partition coefficient (Wildman–Crippen LogP) is 3.10. The molecule has 3 aromatic rings. The molecular formula is C20H15F4N3O3. The third kappa shape index (κ3) is 5.09. The molecule has 0 fully saturated rings. The molecule has 1 atom stereocenters. The van der Waals surface area contributed by atoms with Crippen LogP contribution in [-0.2, 0) is 6.54 Å². The van der Waals surface area contributed by atoms with Crippen molar-refractivity contribution in [3.05, 3.63) is 87.7 Å². The van der Waals surface area contributed by atoms with Gasteiger partial charge in [-0.1, -0.05) is 6.07 Å². The van der Waals surface area contributed by atoms with Crippen molar-refractivity contribution in [3.8, 4) is 11.3 Å². The number of hydrogen-bond acceptors (Lipinski definition) is 4. The lowest BCUT2D eigenvalue weighted by atomic mass is 9.99. The topological polar surface area (TPSA) is 95.1 Å². The molecule has 1 unspecified atom stereocenters. The van der Waals surface area contributed by atoms with Crippen LogP contribution in [0.4, 0.5) is 17.6 Å². The van der Waals surface area contributed by atoms with Gasteiger partial charge in [-0.15, -0.1) is 0 Å². The Labute approximate surface area is 167 Å². The summed E-state index contributed by atoms with van der Waals surface area (Å²) in [6, 6.07) is 8.32. The molecule has 0 saturated carbocycles. The van der Waals surface area contributed by atoms with E-state index in [-0.39, 0.29) is 28.9 Å². The summed E-state index contributed by atoms with van der Waals surface area (Å²) in [6.45, 7) is 0.00575. The Kier molecular flexibility index (Phi) is 5.97. The van der Waals surface area contributed by atoms with Gasteiger partial charge in [0.25, 0.3) is 5.91 Å². The molecule has 0 radical (unpaired) electrons. The van der Waals surface area contributed by atoms with Gasteiger partial charge in [-0.2, -0.15) is 13.2 Å². The van der Waals surface area contributed by atoms with Crippen molar-refractivity contribution in [2.45, 2.75) is 18.8 Å². The zero-order valence-corrected chi connectivity index (χ0v) is 15.2. The highest BCUT2D eigenvalue weighted by Crippen LogP contribution is 2.34. The summed E-state index contributed by atoms with van der Waals surface area (Å²) in [5.41, 5.74) is -0.237. The Morgan fingerprint density at radius 3 is 2.53 bits per heavy atom. The number of carbonyl (C=O) groups is 1. The van der Waals surface area contributed by atoms with Crippen molar-refractivity contribution in [2.24, 2.45) is 0 Å². The zero-order valence-electron chi connectivity index (χ0n) is 15.2. The van der Waals surface area contributed by atoms with Crippen LogP contribution < -0.4 is 10.9 Å². The lowest BCUT2D eigenvalue weighted by molar-refractivity contribution is -0.206. The van der Waals surface area contributed by atoms with Crippen LogP contribution in [0.15, 0.2) is 59.7 Å². The first-order valence-electron chi connectivity index (χ1n) is 8.61. The largest absolute Gasteiger partial charge is 0.418 e. The van der Waals surface area contributed by atoms with E-state index < -0.39 is 29.6 Å². The second-order valence-electron chi connectivity index (χ2n) is 6.39. The van der Waals surface area contributed by atoms with E-state index in [4.69, 9.17) is 0 Å². The number of aliphatic hydroxyl groups is 1. The molecule has 10 heteroatoms. The van der Waals surface area contributed by atoms with Crippen molar-refractivity contribution in [1.29, 1.82) is 0 Å². The minimum Gasteiger partial charge on any atom is -0.379 e. The predicted molar refractivity (Wildman–Crippen MR) is 98.9 cm³/mol. The van der Waals surface area contributed by atoms with Crippen molar-refractivity contribution in [1.82, 2.24) is 15.3 Å². The van der Waals surface area contributed by atoms with Crippen LogP contribution in [0.2, 0.25) is 0 Å². The fourth-order valence-corrected chi connectivity index (χ4v) is 2.66. The fraction of sp³-hybridized carbons (Fsp3) is 0.150. The number of aromatic amines is 1. The molecule has 0 aliphatic rings. The quantitative estimate of drug-likeness (QED) is 0.552. The Morgan fingerprint density at radius 2 is 1.93 bits per heavy atom. The number of pyridine rings is 2. The average Bonchev–Trinajstić information content (AvgIpc) is 2.72. The van der Waals surface area contributed by atoms with E-state index >= 15 is 0 Å². The van der Waals surface area contributed by atoms with Crippen molar-refractivity contribution in [2.75, 3.05) is 0 Å². The SMILES string of the molecule is O=C(NCc1ccc(=O)[nH]c1)c1cc(-c2ccc(F)cn2)cc(C(O)C(F)(F)F)c1. The number of halogens is 4. The normalized spacial score (nSPS) is 12.4. The van der Waals surface area contributed by atoms with Gasteiger partial charge < -0.3 is 15.4 Å². The van der Waals surface area contributed by atoms with Gasteiger partial charge in [0, 0.05) is 29.9 Å². The summed E-state index contributed by atoms with van der Waals surface area (Å²) in [7, 11) is 0. The Bertz CT molecular complexity index is 1090. The molecule has 2 aromatic heterocycles. The molecule has 0 aliphatic heterocycles. The summed E-state index contributed by atoms with van der Waals surface area (Å²) in [5.74, 6) is -1.34. The highest BCUT2D eigenvalue weighted by atomic mass is 19.4. The number of nitrogens with one attached hydrogen (secondary N) is 2. The van der Waals surface area contributed by atoms with E-state index in [0.29, 0.717) is 5.56 Å². The first kappa shape index (κ1) is 21.2. The van der Waals surface area contributed by atoms with Gasteiger partial charge in [0.05, 0.1) is 11.9 Å². The number of benzene rings is 1. The molecule has 30 heavy (non-hydrogen) atoms. The van der Waals surface area contributed by atoms with Crippen molar-refractivity contribution >= 4 is 5.91 Å². The molecule has 0 spiro atoms. The van der Waals surface area contributed by atoms with Crippen molar-refractivity contribution in [3.63, 3.8) is 0 Å². The fourth-order valence-electron chi connectivity index (χ4n) is 2.66. The summed E-state index contributed by atoms with van der Waals surface area (Å²) in [6.07, 6.45) is -5.49. The van der Waals surface area contributed by atoms with Crippen LogP contribution in [0.3, 0.4) is 0 Å². The number of aromatic nitrogens is 2. The van der Waals surface area contributed by atoms with Gasteiger partial charge >= 0.3 is 6.18 Å². The van der Waals surface area contributed by atoms with Crippen LogP contribution in [-0.4, -0.2) is 27.2 Å². The monoisotopic (exact) mass is 421 g/mol. The number of aliphatic hydroxyl groups excluding tert-OH is 1.